The Balaban J connectivity index is 1.89. The highest BCUT2D eigenvalue weighted by atomic mass is 15.1. The van der Waals surface area contributed by atoms with Crippen molar-refractivity contribution in [1.82, 2.24) is 4.57 Å². The molecule has 0 spiro atoms. The van der Waals surface area contributed by atoms with E-state index in [4.69, 9.17) is 0 Å². The summed E-state index contributed by atoms with van der Waals surface area (Å²) < 4.78 is 4.92. The van der Waals surface area contributed by atoms with Gasteiger partial charge < -0.3 is 0 Å². The van der Waals surface area contributed by atoms with Gasteiger partial charge in [-0.15, -0.1) is 0 Å². The van der Waals surface area contributed by atoms with Gasteiger partial charge in [-0.25, -0.2) is 9.13 Å². The summed E-state index contributed by atoms with van der Waals surface area (Å²) in [5, 5.41) is 0. The fourth-order valence-electron chi connectivity index (χ4n) is 4.21. The molecule has 0 amide bonds. The second kappa shape index (κ2) is 17.3. The first-order chi connectivity index (χ1) is 13.3. The zero-order valence-corrected chi connectivity index (χ0v) is 19.0. The van der Waals surface area contributed by atoms with Gasteiger partial charge in [0.2, 0.25) is 0 Å². The van der Waals surface area contributed by atoms with Gasteiger partial charge in [-0.3, -0.25) is 0 Å². The first-order valence-electron chi connectivity index (χ1n) is 12.4. The molecule has 0 aromatic carbocycles. The summed E-state index contributed by atoms with van der Waals surface area (Å²) in [6, 6.07) is 0. The van der Waals surface area contributed by atoms with Crippen LogP contribution in [0.5, 0.6) is 0 Å². The molecule has 158 valence electrons. The third kappa shape index (κ3) is 11.6. The highest BCUT2D eigenvalue weighted by Gasteiger charge is 2.13. The standard InChI is InChI=1S/C25H49N2/c1-4-7-8-9-10-11-12-13-14-15-16-17-18-19-20-22-27-24-23-26(21-5-2)25(27)6-3/h23-24H,4-22H2,1-3H3/q+1. The molecule has 1 rings (SSSR count). The van der Waals surface area contributed by atoms with E-state index in [1.807, 2.05) is 0 Å². The third-order valence-corrected chi connectivity index (χ3v) is 5.87. The van der Waals surface area contributed by atoms with Crippen LogP contribution in [0.2, 0.25) is 0 Å². The summed E-state index contributed by atoms with van der Waals surface area (Å²) in [6.45, 7) is 9.21. The number of unbranched alkanes of at least 4 members (excludes halogenated alkanes) is 14. The van der Waals surface area contributed by atoms with Crippen molar-refractivity contribution in [2.45, 2.75) is 143 Å². The molecule has 1 aromatic rings. The SMILES string of the molecule is CCCCCCCCCCCCCCCCCn1cc[n+](CCC)c1CC. The first-order valence-corrected chi connectivity index (χ1v) is 12.4. The largest absolute Gasteiger partial charge is 0.256 e. The van der Waals surface area contributed by atoms with Crippen molar-refractivity contribution in [2.75, 3.05) is 0 Å². The van der Waals surface area contributed by atoms with Crippen LogP contribution in [0.3, 0.4) is 0 Å². The summed E-state index contributed by atoms with van der Waals surface area (Å²) in [6.07, 6.45) is 28.5. The van der Waals surface area contributed by atoms with E-state index in [0.717, 1.165) is 13.0 Å². The number of nitrogens with zero attached hydrogens (tertiary/aromatic N) is 2. The molecule has 0 bridgehead atoms. The number of aromatic nitrogens is 2. The number of imidazole rings is 1. The molecule has 1 aromatic heterocycles. The van der Waals surface area contributed by atoms with E-state index >= 15 is 0 Å². The van der Waals surface area contributed by atoms with Gasteiger partial charge in [0.1, 0.15) is 12.4 Å². The molecule has 0 atom stereocenters. The van der Waals surface area contributed by atoms with E-state index in [1.165, 1.54) is 115 Å². The average molecular weight is 378 g/mol. The molecule has 0 aliphatic rings. The molecule has 27 heavy (non-hydrogen) atoms. The van der Waals surface area contributed by atoms with Gasteiger partial charge in [-0.05, 0) is 19.3 Å². The van der Waals surface area contributed by atoms with Crippen molar-refractivity contribution in [3.8, 4) is 0 Å². The van der Waals surface area contributed by atoms with Crippen molar-refractivity contribution in [3.05, 3.63) is 18.2 Å². The van der Waals surface area contributed by atoms with Crippen LogP contribution in [0.25, 0.3) is 0 Å². The van der Waals surface area contributed by atoms with Crippen molar-refractivity contribution < 1.29 is 4.57 Å². The Morgan fingerprint density at radius 1 is 0.630 bits per heavy atom. The molecule has 0 saturated carbocycles. The molecule has 0 saturated heterocycles. The van der Waals surface area contributed by atoms with Crippen molar-refractivity contribution in [2.24, 2.45) is 0 Å². The zero-order valence-electron chi connectivity index (χ0n) is 19.0. The molecule has 0 unspecified atom stereocenters. The minimum atomic E-state index is 1.14. The second-order valence-electron chi connectivity index (χ2n) is 8.40. The van der Waals surface area contributed by atoms with E-state index in [9.17, 15) is 0 Å². The second-order valence-corrected chi connectivity index (χ2v) is 8.40. The molecule has 0 N–H and O–H groups in total. The van der Waals surface area contributed by atoms with Gasteiger partial charge in [-0.1, -0.05) is 104 Å². The number of hydrogen-bond donors (Lipinski definition) is 0. The maximum atomic E-state index is 2.48. The predicted octanol–water partition coefficient (Wildman–Crippen LogP) is 7.62. The normalized spacial score (nSPS) is 11.4. The van der Waals surface area contributed by atoms with Crippen LogP contribution >= 0.6 is 0 Å². The molecule has 0 fully saturated rings. The quantitative estimate of drug-likeness (QED) is 0.173. The highest BCUT2D eigenvalue weighted by molar-refractivity contribution is 4.82. The van der Waals surface area contributed by atoms with E-state index in [0.29, 0.717) is 0 Å². The number of hydrogen-bond acceptors (Lipinski definition) is 0. The lowest BCUT2D eigenvalue weighted by atomic mass is 10.0. The summed E-state index contributed by atoms with van der Waals surface area (Å²) >= 11 is 0. The van der Waals surface area contributed by atoms with Gasteiger partial charge in [0.25, 0.3) is 5.82 Å². The van der Waals surface area contributed by atoms with Crippen LogP contribution in [-0.4, -0.2) is 4.57 Å². The Labute approximate surface area is 170 Å². The number of rotatable bonds is 19. The van der Waals surface area contributed by atoms with E-state index in [2.05, 4.69) is 42.3 Å². The van der Waals surface area contributed by atoms with Gasteiger partial charge in [0.05, 0.1) is 13.1 Å². The monoisotopic (exact) mass is 377 g/mol. The van der Waals surface area contributed by atoms with Gasteiger partial charge in [-0.2, -0.15) is 0 Å². The van der Waals surface area contributed by atoms with Gasteiger partial charge in [0, 0.05) is 6.42 Å². The Morgan fingerprint density at radius 2 is 1.11 bits per heavy atom. The van der Waals surface area contributed by atoms with Crippen LogP contribution in [0.15, 0.2) is 12.4 Å². The summed E-state index contributed by atoms with van der Waals surface area (Å²) in [5.74, 6) is 1.50. The Bertz CT molecular complexity index is 436. The Hall–Kier alpha value is -0.790. The lowest BCUT2D eigenvalue weighted by molar-refractivity contribution is -0.703. The summed E-state index contributed by atoms with van der Waals surface area (Å²) in [7, 11) is 0. The average Bonchev–Trinajstić information content (AvgIpc) is 3.06. The Morgan fingerprint density at radius 3 is 1.56 bits per heavy atom. The fraction of sp³-hybridized carbons (Fsp3) is 0.880. The maximum Gasteiger partial charge on any atom is 0.256 e. The molecule has 2 heteroatoms. The van der Waals surface area contributed by atoms with Crippen LogP contribution in [0.1, 0.15) is 129 Å². The molecular formula is C25H49N2+. The molecule has 0 aliphatic heterocycles. The number of aryl methyl sites for hydroxylation is 2. The van der Waals surface area contributed by atoms with Crippen LogP contribution < -0.4 is 4.57 Å². The predicted molar refractivity (Wildman–Crippen MR) is 119 cm³/mol. The molecule has 0 aliphatic carbocycles. The van der Waals surface area contributed by atoms with Crippen LogP contribution in [-0.2, 0) is 19.5 Å². The van der Waals surface area contributed by atoms with Crippen LogP contribution in [0, 0.1) is 0 Å². The fourth-order valence-corrected chi connectivity index (χ4v) is 4.21. The van der Waals surface area contributed by atoms with Gasteiger partial charge in [0.15, 0.2) is 0 Å². The highest BCUT2D eigenvalue weighted by Crippen LogP contribution is 2.13. The van der Waals surface area contributed by atoms with Gasteiger partial charge >= 0.3 is 0 Å². The van der Waals surface area contributed by atoms with Crippen LogP contribution in [0.4, 0.5) is 0 Å². The maximum absolute atomic E-state index is 2.48. The Kier molecular flexibility index (Phi) is 15.6. The molecule has 1 heterocycles. The smallest absolute Gasteiger partial charge is 0.234 e. The van der Waals surface area contributed by atoms with E-state index in [1.54, 1.807) is 0 Å². The zero-order chi connectivity index (χ0) is 19.6. The lowest BCUT2D eigenvalue weighted by Gasteiger charge is -2.04. The van der Waals surface area contributed by atoms with Crippen molar-refractivity contribution >= 4 is 0 Å². The summed E-state index contributed by atoms with van der Waals surface area (Å²) in [4.78, 5) is 0. The first kappa shape index (κ1) is 24.2. The molecule has 2 nitrogen and oxygen atoms in total. The third-order valence-electron chi connectivity index (χ3n) is 5.87. The molecule has 0 radical (unpaired) electrons. The minimum Gasteiger partial charge on any atom is -0.234 e. The summed E-state index contributed by atoms with van der Waals surface area (Å²) in [5.41, 5.74) is 0. The topological polar surface area (TPSA) is 8.81 Å². The van der Waals surface area contributed by atoms with Crippen molar-refractivity contribution in [1.29, 1.82) is 0 Å². The molecular weight excluding hydrogens is 328 g/mol. The minimum absolute atomic E-state index is 1.14. The van der Waals surface area contributed by atoms with E-state index in [-0.39, 0.29) is 0 Å². The van der Waals surface area contributed by atoms with E-state index < -0.39 is 0 Å². The van der Waals surface area contributed by atoms with Crippen molar-refractivity contribution in [3.63, 3.8) is 0 Å². The lowest BCUT2D eigenvalue weighted by Crippen LogP contribution is -2.36.